The minimum Gasteiger partial charge on any atom is -0.467 e. The fourth-order valence-electron chi connectivity index (χ4n) is 1.48. The molecular weight excluding hydrogens is 287 g/mol. The van der Waals surface area contributed by atoms with Crippen molar-refractivity contribution in [1.29, 1.82) is 0 Å². The predicted octanol–water partition coefficient (Wildman–Crippen LogP) is 3.31. The van der Waals surface area contributed by atoms with Crippen LogP contribution in [0.1, 0.15) is 5.76 Å². The number of rotatable bonds is 5. The van der Waals surface area contributed by atoms with Gasteiger partial charge in [0.1, 0.15) is 5.76 Å². The molecule has 1 aromatic carbocycles. The zero-order valence-electron chi connectivity index (χ0n) is 9.95. The first kappa shape index (κ1) is 13.8. The van der Waals surface area contributed by atoms with Crippen molar-refractivity contribution in [2.75, 3.05) is 11.9 Å². The largest absolute Gasteiger partial charge is 0.467 e. The van der Waals surface area contributed by atoms with Crippen LogP contribution in [0.5, 0.6) is 0 Å². The van der Waals surface area contributed by atoms with Crippen molar-refractivity contribution in [2.24, 2.45) is 0 Å². The normalized spacial score (nSPS) is 10.2. The Kier molecular flexibility index (Phi) is 4.71. The number of amides is 1. The Balaban J connectivity index is 1.81. The smallest absolute Gasteiger partial charge is 0.239 e. The monoisotopic (exact) mass is 298 g/mol. The van der Waals surface area contributed by atoms with E-state index < -0.39 is 0 Å². The molecule has 2 N–H and O–H groups in total. The number of hydrogen-bond acceptors (Lipinski definition) is 3. The molecule has 4 nitrogen and oxygen atoms in total. The maximum atomic E-state index is 11.6. The molecule has 0 bridgehead atoms. The first-order valence-corrected chi connectivity index (χ1v) is 6.39. The number of benzene rings is 1. The van der Waals surface area contributed by atoms with E-state index in [1.165, 1.54) is 0 Å². The van der Waals surface area contributed by atoms with Gasteiger partial charge in [0.2, 0.25) is 5.91 Å². The molecule has 100 valence electrons. The number of furan rings is 1. The van der Waals surface area contributed by atoms with Gasteiger partial charge in [0.15, 0.2) is 0 Å². The summed E-state index contributed by atoms with van der Waals surface area (Å²) in [5.41, 5.74) is 0.627. The minimum atomic E-state index is -0.160. The third-order valence-corrected chi connectivity index (χ3v) is 3.25. The van der Waals surface area contributed by atoms with E-state index in [0.29, 0.717) is 28.0 Å². The molecule has 0 aliphatic carbocycles. The fourth-order valence-corrected chi connectivity index (χ4v) is 1.84. The summed E-state index contributed by atoms with van der Waals surface area (Å²) >= 11 is 11.9. The summed E-state index contributed by atoms with van der Waals surface area (Å²) in [6, 6.07) is 8.77. The van der Waals surface area contributed by atoms with Crippen LogP contribution in [0.2, 0.25) is 10.0 Å². The van der Waals surface area contributed by atoms with Gasteiger partial charge >= 0.3 is 0 Å². The molecule has 0 fully saturated rings. The minimum absolute atomic E-state index is 0.112. The van der Waals surface area contributed by atoms with Gasteiger partial charge in [-0.25, -0.2) is 0 Å². The van der Waals surface area contributed by atoms with Gasteiger partial charge in [-0.3, -0.25) is 4.79 Å². The number of nitrogens with one attached hydrogen (secondary N) is 2. The van der Waals surface area contributed by atoms with Crippen LogP contribution in [0, 0.1) is 0 Å². The lowest BCUT2D eigenvalue weighted by molar-refractivity contribution is -0.119. The molecule has 0 aliphatic rings. The lowest BCUT2D eigenvalue weighted by Gasteiger charge is -2.09. The van der Waals surface area contributed by atoms with E-state index in [0.717, 1.165) is 0 Å². The molecule has 1 aromatic heterocycles. The van der Waals surface area contributed by atoms with Gasteiger partial charge in [-0.1, -0.05) is 29.3 Å². The fraction of sp³-hybridized carbons (Fsp3) is 0.154. The maximum Gasteiger partial charge on any atom is 0.239 e. The number of hydrogen-bond donors (Lipinski definition) is 2. The molecule has 0 aliphatic heterocycles. The van der Waals surface area contributed by atoms with Crippen LogP contribution in [0.3, 0.4) is 0 Å². The van der Waals surface area contributed by atoms with Gasteiger partial charge in [-0.05, 0) is 24.3 Å². The van der Waals surface area contributed by atoms with Crippen LogP contribution in [-0.2, 0) is 11.3 Å². The highest BCUT2D eigenvalue weighted by Crippen LogP contribution is 2.29. The SMILES string of the molecule is O=C(CNc1cccc(Cl)c1Cl)NCc1ccco1. The third-order valence-electron chi connectivity index (χ3n) is 2.43. The average molecular weight is 299 g/mol. The zero-order chi connectivity index (χ0) is 13.7. The Morgan fingerprint density at radius 2 is 2.05 bits per heavy atom. The molecule has 6 heteroatoms. The van der Waals surface area contributed by atoms with Crippen molar-refractivity contribution in [1.82, 2.24) is 5.32 Å². The summed E-state index contributed by atoms with van der Waals surface area (Å²) in [5.74, 6) is 0.543. The molecule has 2 aromatic rings. The number of anilines is 1. The summed E-state index contributed by atoms with van der Waals surface area (Å²) < 4.78 is 5.11. The van der Waals surface area contributed by atoms with E-state index in [1.54, 1.807) is 36.6 Å². The van der Waals surface area contributed by atoms with Crippen molar-refractivity contribution >= 4 is 34.8 Å². The van der Waals surface area contributed by atoms with E-state index in [2.05, 4.69) is 10.6 Å². The van der Waals surface area contributed by atoms with Gasteiger partial charge < -0.3 is 15.1 Å². The topological polar surface area (TPSA) is 54.3 Å². The molecule has 0 saturated carbocycles. The van der Waals surface area contributed by atoms with E-state index in [4.69, 9.17) is 27.6 Å². The lowest BCUT2D eigenvalue weighted by atomic mass is 10.3. The zero-order valence-corrected chi connectivity index (χ0v) is 11.5. The third kappa shape index (κ3) is 3.91. The van der Waals surface area contributed by atoms with Crippen molar-refractivity contribution in [3.8, 4) is 0 Å². The molecule has 0 atom stereocenters. The lowest BCUT2D eigenvalue weighted by Crippen LogP contribution is -2.29. The van der Waals surface area contributed by atoms with E-state index >= 15 is 0 Å². The number of halogens is 2. The van der Waals surface area contributed by atoms with Crippen LogP contribution < -0.4 is 10.6 Å². The Hall–Kier alpha value is -1.65. The highest BCUT2D eigenvalue weighted by molar-refractivity contribution is 6.43. The molecule has 2 rings (SSSR count). The second kappa shape index (κ2) is 6.50. The van der Waals surface area contributed by atoms with Crippen LogP contribution in [0.4, 0.5) is 5.69 Å². The summed E-state index contributed by atoms with van der Waals surface area (Å²) in [6.07, 6.45) is 1.56. The summed E-state index contributed by atoms with van der Waals surface area (Å²) in [7, 11) is 0. The first-order chi connectivity index (χ1) is 9.16. The predicted molar refractivity (Wildman–Crippen MR) is 75.5 cm³/mol. The van der Waals surface area contributed by atoms with Crippen LogP contribution in [0.15, 0.2) is 41.0 Å². The molecule has 0 radical (unpaired) electrons. The summed E-state index contributed by atoms with van der Waals surface area (Å²) in [6.45, 7) is 0.470. The summed E-state index contributed by atoms with van der Waals surface area (Å²) in [5, 5.41) is 6.50. The van der Waals surface area contributed by atoms with Crippen LogP contribution in [-0.4, -0.2) is 12.5 Å². The van der Waals surface area contributed by atoms with Crippen molar-refractivity contribution in [2.45, 2.75) is 6.54 Å². The molecule has 0 unspecified atom stereocenters. The van der Waals surface area contributed by atoms with Crippen molar-refractivity contribution in [3.05, 3.63) is 52.4 Å². The standard InChI is InChI=1S/C13H12Cl2N2O2/c14-10-4-1-5-11(13(10)15)16-8-12(18)17-7-9-3-2-6-19-9/h1-6,16H,7-8H2,(H,17,18). The molecule has 19 heavy (non-hydrogen) atoms. The van der Waals surface area contributed by atoms with E-state index in [-0.39, 0.29) is 12.5 Å². The second-order valence-electron chi connectivity index (χ2n) is 3.81. The van der Waals surface area contributed by atoms with Crippen molar-refractivity contribution in [3.63, 3.8) is 0 Å². The van der Waals surface area contributed by atoms with Crippen LogP contribution in [0.25, 0.3) is 0 Å². The Morgan fingerprint density at radius 3 is 2.79 bits per heavy atom. The quantitative estimate of drug-likeness (QED) is 0.890. The first-order valence-electron chi connectivity index (χ1n) is 5.64. The van der Waals surface area contributed by atoms with E-state index in [1.807, 2.05) is 0 Å². The second-order valence-corrected chi connectivity index (χ2v) is 4.60. The van der Waals surface area contributed by atoms with Gasteiger partial charge in [-0.15, -0.1) is 0 Å². The van der Waals surface area contributed by atoms with Crippen molar-refractivity contribution < 1.29 is 9.21 Å². The van der Waals surface area contributed by atoms with Gasteiger partial charge in [-0.2, -0.15) is 0 Å². The molecule has 1 heterocycles. The number of carbonyl (C=O) groups excluding carboxylic acids is 1. The molecule has 1 amide bonds. The maximum absolute atomic E-state index is 11.6. The van der Waals surface area contributed by atoms with Gasteiger partial charge in [0, 0.05) is 0 Å². The molecule has 0 saturated heterocycles. The van der Waals surface area contributed by atoms with E-state index in [9.17, 15) is 4.79 Å². The summed E-state index contributed by atoms with van der Waals surface area (Å²) in [4.78, 5) is 11.6. The highest BCUT2D eigenvalue weighted by Gasteiger charge is 2.06. The Morgan fingerprint density at radius 1 is 1.21 bits per heavy atom. The van der Waals surface area contributed by atoms with Crippen LogP contribution >= 0.6 is 23.2 Å². The molecular formula is C13H12Cl2N2O2. The molecule has 0 spiro atoms. The number of carbonyl (C=O) groups is 1. The average Bonchev–Trinajstić information content (AvgIpc) is 2.91. The van der Waals surface area contributed by atoms with Gasteiger partial charge in [0.05, 0.1) is 35.1 Å². The van der Waals surface area contributed by atoms with Gasteiger partial charge in [0.25, 0.3) is 0 Å². The highest BCUT2D eigenvalue weighted by atomic mass is 35.5. The Bertz CT molecular complexity index is 556. The Labute approximate surface area is 120 Å².